The molecule has 4 aromatic rings. The van der Waals surface area contributed by atoms with E-state index in [2.05, 4.69) is 32.2 Å². The SMILES string of the molecule is [C-]#[N+]CCc1cc2c(CCc3cccnn3)cc(-c3cncn3C)nc2cc1Cl. The first-order valence-electron chi connectivity index (χ1n) is 9.34. The van der Waals surface area contributed by atoms with Crippen LogP contribution in [0.15, 0.2) is 49.1 Å². The number of rotatable bonds is 6. The van der Waals surface area contributed by atoms with Crippen molar-refractivity contribution in [2.24, 2.45) is 7.05 Å². The van der Waals surface area contributed by atoms with Crippen molar-refractivity contribution in [1.82, 2.24) is 24.7 Å². The summed E-state index contributed by atoms with van der Waals surface area (Å²) in [4.78, 5) is 12.5. The smallest absolute Gasteiger partial charge is 0.218 e. The third kappa shape index (κ3) is 4.10. The van der Waals surface area contributed by atoms with E-state index in [4.69, 9.17) is 23.2 Å². The molecular formula is C22H19ClN6. The van der Waals surface area contributed by atoms with Crippen LogP contribution in [0.4, 0.5) is 0 Å². The molecule has 0 saturated heterocycles. The first kappa shape index (κ1) is 19.0. The highest BCUT2D eigenvalue weighted by atomic mass is 35.5. The first-order valence-corrected chi connectivity index (χ1v) is 9.72. The molecule has 0 amide bonds. The molecule has 0 unspecified atom stereocenters. The minimum Gasteiger partial charge on any atom is -0.332 e. The maximum absolute atomic E-state index is 7.07. The summed E-state index contributed by atoms with van der Waals surface area (Å²) in [6, 6.07) is 9.98. The van der Waals surface area contributed by atoms with Gasteiger partial charge in [-0.25, -0.2) is 16.5 Å². The van der Waals surface area contributed by atoms with Gasteiger partial charge in [0.15, 0.2) is 0 Å². The summed E-state index contributed by atoms with van der Waals surface area (Å²) in [5.74, 6) is 0. The van der Waals surface area contributed by atoms with Crippen LogP contribution in [0.2, 0.25) is 5.02 Å². The highest BCUT2D eigenvalue weighted by Crippen LogP contribution is 2.30. The van der Waals surface area contributed by atoms with Crippen LogP contribution in [0.25, 0.3) is 27.1 Å². The van der Waals surface area contributed by atoms with Crippen LogP contribution in [-0.2, 0) is 26.3 Å². The summed E-state index contributed by atoms with van der Waals surface area (Å²) in [7, 11) is 1.95. The topological polar surface area (TPSA) is 60.9 Å². The maximum atomic E-state index is 7.07. The summed E-state index contributed by atoms with van der Waals surface area (Å²) < 4.78 is 1.95. The molecular weight excluding hydrogens is 384 g/mol. The molecule has 6 nitrogen and oxygen atoms in total. The van der Waals surface area contributed by atoms with E-state index in [-0.39, 0.29) is 0 Å². The monoisotopic (exact) mass is 402 g/mol. The lowest BCUT2D eigenvalue weighted by Gasteiger charge is -2.12. The van der Waals surface area contributed by atoms with Crippen molar-refractivity contribution in [2.45, 2.75) is 19.3 Å². The number of benzene rings is 1. The van der Waals surface area contributed by atoms with Crippen molar-refractivity contribution < 1.29 is 0 Å². The van der Waals surface area contributed by atoms with E-state index in [1.807, 2.05) is 36.0 Å². The largest absolute Gasteiger partial charge is 0.332 e. The normalized spacial score (nSPS) is 10.9. The molecule has 3 aromatic heterocycles. The Kier molecular flexibility index (Phi) is 5.50. The average molecular weight is 403 g/mol. The molecule has 4 rings (SSSR count). The van der Waals surface area contributed by atoms with Crippen LogP contribution < -0.4 is 0 Å². The highest BCUT2D eigenvalue weighted by Gasteiger charge is 2.14. The fourth-order valence-corrected chi connectivity index (χ4v) is 3.65. The standard InChI is InChI=1S/C22H19ClN6/c1-24-9-7-16-10-18-15(5-6-17-4-3-8-26-28-17)11-21(22-13-25-14-29(22)2)27-20(18)12-19(16)23/h3-4,8,10-14H,5-7,9H2,2H3. The summed E-state index contributed by atoms with van der Waals surface area (Å²) in [5.41, 5.74) is 5.73. The predicted octanol–water partition coefficient (Wildman–Crippen LogP) is 4.33. The third-order valence-electron chi connectivity index (χ3n) is 4.91. The van der Waals surface area contributed by atoms with Crippen LogP contribution in [0, 0.1) is 6.57 Å². The Morgan fingerprint density at radius 2 is 2.03 bits per heavy atom. The molecule has 29 heavy (non-hydrogen) atoms. The first-order chi connectivity index (χ1) is 14.2. The molecule has 0 aliphatic heterocycles. The molecule has 0 fully saturated rings. The second kappa shape index (κ2) is 8.38. The van der Waals surface area contributed by atoms with Crippen LogP contribution >= 0.6 is 11.6 Å². The van der Waals surface area contributed by atoms with Gasteiger partial charge in [0.05, 0.1) is 35.1 Å². The van der Waals surface area contributed by atoms with E-state index in [0.29, 0.717) is 18.0 Å². The molecule has 0 aliphatic rings. The van der Waals surface area contributed by atoms with Gasteiger partial charge in [0, 0.05) is 30.1 Å². The van der Waals surface area contributed by atoms with Gasteiger partial charge in [-0.05, 0) is 54.3 Å². The number of pyridine rings is 1. The van der Waals surface area contributed by atoms with E-state index in [1.54, 1.807) is 12.5 Å². The van der Waals surface area contributed by atoms with Crippen molar-refractivity contribution >= 4 is 22.5 Å². The van der Waals surface area contributed by atoms with Crippen LogP contribution in [0.5, 0.6) is 0 Å². The number of imidazole rings is 1. The zero-order chi connectivity index (χ0) is 20.2. The van der Waals surface area contributed by atoms with E-state index in [1.165, 1.54) is 0 Å². The second-order valence-corrected chi connectivity index (χ2v) is 7.27. The van der Waals surface area contributed by atoms with Gasteiger partial charge in [0.25, 0.3) is 0 Å². The summed E-state index contributed by atoms with van der Waals surface area (Å²) in [6.45, 7) is 7.48. The quantitative estimate of drug-likeness (QED) is 0.450. The van der Waals surface area contributed by atoms with Crippen molar-refractivity contribution in [3.63, 3.8) is 0 Å². The van der Waals surface area contributed by atoms with Crippen LogP contribution in [-0.4, -0.2) is 31.3 Å². The number of halogens is 1. The Bertz CT molecular complexity index is 1190. The lowest BCUT2D eigenvalue weighted by molar-refractivity contribution is 0.861. The Hall–Kier alpha value is -3.30. The van der Waals surface area contributed by atoms with Crippen molar-refractivity contribution in [2.75, 3.05) is 6.54 Å². The van der Waals surface area contributed by atoms with Gasteiger partial charge in [-0.1, -0.05) is 11.6 Å². The molecule has 0 saturated carbocycles. The lowest BCUT2D eigenvalue weighted by Crippen LogP contribution is -2.01. The number of fused-ring (bicyclic) bond motifs is 1. The summed E-state index contributed by atoms with van der Waals surface area (Å²) in [5, 5.41) is 9.88. The molecule has 144 valence electrons. The molecule has 7 heteroatoms. The van der Waals surface area contributed by atoms with Gasteiger partial charge in [-0.3, -0.25) is 0 Å². The lowest BCUT2D eigenvalue weighted by atomic mass is 9.98. The number of hydrogen-bond acceptors (Lipinski definition) is 4. The number of aromatic nitrogens is 5. The van der Waals surface area contributed by atoms with Gasteiger partial charge >= 0.3 is 0 Å². The van der Waals surface area contributed by atoms with E-state index in [9.17, 15) is 0 Å². The summed E-state index contributed by atoms with van der Waals surface area (Å²) in [6.07, 6.45) is 7.46. The Morgan fingerprint density at radius 3 is 2.76 bits per heavy atom. The molecule has 0 aliphatic carbocycles. The molecule has 0 bridgehead atoms. The number of aryl methyl sites for hydroxylation is 3. The number of nitrogens with zero attached hydrogens (tertiary/aromatic N) is 6. The molecule has 3 heterocycles. The van der Waals surface area contributed by atoms with E-state index < -0.39 is 0 Å². The van der Waals surface area contributed by atoms with Gasteiger partial charge in [0.2, 0.25) is 6.54 Å². The van der Waals surface area contributed by atoms with Gasteiger partial charge < -0.3 is 9.41 Å². The second-order valence-electron chi connectivity index (χ2n) is 6.86. The minimum absolute atomic E-state index is 0.417. The van der Waals surface area contributed by atoms with Crippen molar-refractivity contribution in [3.05, 3.63) is 82.3 Å². The fraction of sp³-hybridized carbons (Fsp3) is 0.227. The predicted molar refractivity (Wildman–Crippen MR) is 114 cm³/mol. The molecule has 0 spiro atoms. The van der Waals surface area contributed by atoms with Crippen molar-refractivity contribution in [3.8, 4) is 11.4 Å². The Labute approximate surface area is 174 Å². The summed E-state index contributed by atoms with van der Waals surface area (Å²) >= 11 is 6.49. The highest BCUT2D eigenvalue weighted by molar-refractivity contribution is 6.32. The van der Waals surface area contributed by atoms with Gasteiger partial charge in [0.1, 0.15) is 0 Å². The van der Waals surface area contributed by atoms with Gasteiger partial charge in [-0.15, -0.1) is 0 Å². The molecule has 0 atom stereocenters. The average Bonchev–Trinajstić information content (AvgIpc) is 3.17. The van der Waals surface area contributed by atoms with Crippen molar-refractivity contribution in [1.29, 1.82) is 0 Å². The molecule has 0 radical (unpaired) electrons. The Balaban J connectivity index is 1.81. The Morgan fingerprint density at radius 1 is 1.14 bits per heavy atom. The molecule has 1 aromatic carbocycles. The van der Waals surface area contributed by atoms with E-state index in [0.717, 1.165) is 52.0 Å². The number of hydrogen-bond donors (Lipinski definition) is 0. The zero-order valence-electron chi connectivity index (χ0n) is 16.0. The van der Waals surface area contributed by atoms with Crippen LogP contribution in [0.3, 0.4) is 0 Å². The zero-order valence-corrected chi connectivity index (χ0v) is 16.8. The fourth-order valence-electron chi connectivity index (χ4n) is 3.40. The maximum Gasteiger partial charge on any atom is 0.218 e. The van der Waals surface area contributed by atoms with E-state index >= 15 is 0 Å². The molecule has 0 N–H and O–H groups in total. The van der Waals surface area contributed by atoms with Crippen LogP contribution in [0.1, 0.15) is 16.8 Å². The minimum atomic E-state index is 0.417. The van der Waals surface area contributed by atoms with Gasteiger partial charge in [-0.2, -0.15) is 10.2 Å². The third-order valence-corrected chi connectivity index (χ3v) is 5.26.